The fourth-order valence-electron chi connectivity index (χ4n) is 4.38. The van der Waals surface area contributed by atoms with E-state index in [-0.39, 0.29) is 0 Å². The van der Waals surface area contributed by atoms with Gasteiger partial charge in [0.05, 0.1) is 0 Å². The molecule has 2 fully saturated rings. The van der Waals surface area contributed by atoms with E-state index in [1.54, 1.807) is 25.7 Å². The summed E-state index contributed by atoms with van der Waals surface area (Å²) in [5.41, 5.74) is 0. The van der Waals surface area contributed by atoms with E-state index in [9.17, 15) is 0 Å². The highest BCUT2D eigenvalue weighted by Crippen LogP contribution is 2.40. The van der Waals surface area contributed by atoms with Crippen molar-refractivity contribution in [2.75, 3.05) is 0 Å². The number of hydrogen-bond acceptors (Lipinski definition) is 0. The van der Waals surface area contributed by atoms with E-state index >= 15 is 0 Å². The summed E-state index contributed by atoms with van der Waals surface area (Å²) < 4.78 is 0. The largest absolute Gasteiger partial charge is 0.0683 e. The van der Waals surface area contributed by atoms with Crippen LogP contribution in [-0.2, 0) is 0 Å². The molecule has 0 spiro atoms. The van der Waals surface area contributed by atoms with Crippen LogP contribution in [0.15, 0.2) is 84.9 Å². The van der Waals surface area contributed by atoms with Gasteiger partial charge in [-0.05, 0) is 22.6 Å². The molecule has 0 aromatic heterocycles. The van der Waals surface area contributed by atoms with Crippen LogP contribution < -0.4 is 0 Å². The average Bonchev–Trinajstić information content (AvgIpc) is 3.39. The highest BCUT2D eigenvalue weighted by molar-refractivity contribution is 5.82. The number of hydrogen-bond donors (Lipinski definition) is 0. The van der Waals surface area contributed by atoms with Crippen LogP contribution in [0.4, 0.5) is 0 Å². The van der Waals surface area contributed by atoms with Gasteiger partial charge < -0.3 is 0 Å². The summed E-state index contributed by atoms with van der Waals surface area (Å²) in [5, 5.41) is 2.62. The first kappa shape index (κ1) is 90.2. The lowest BCUT2D eigenvalue weighted by Crippen LogP contribution is -2.22. The molecule has 0 nitrogen and oxygen atoms in total. The van der Waals surface area contributed by atoms with E-state index in [4.69, 9.17) is 0 Å². The fraction of sp³-hybridized carbons (Fsp3) is 0.714. The van der Waals surface area contributed by atoms with Crippen molar-refractivity contribution >= 4 is 10.8 Å². The molecule has 0 N–H and O–H groups in total. The molecule has 5 rings (SSSR count). The zero-order valence-corrected chi connectivity index (χ0v) is 45.9. The van der Waals surface area contributed by atoms with E-state index < -0.39 is 0 Å². The molecule has 3 aromatic rings. The van der Waals surface area contributed by atoms with Gasteiger partial charge in [0, 0.05) is 0 Å². The first-order chi connectivity index (χ1) is 27.9. The van der Waals surface area contributed by atoms with Crippen molar-refractivity contribution in [1.82, 2.24) is 0 Å². The first-order valence-corrected chi connectivity index (χ1v) is 25.4. The van der Waals surface area contributed by atoms with Crippen molar-refractivity contribution in [3.63, 3.8) is 0 Å². The molecule has 0 unspecified atom stereocenters. The Balaban J connectivity index is -0.0000000342. The third-order valence-electron chi connectivity index (χ3n) is 5.79. The van der Waals surface area contributed by atoms with Gasteiger partial charge >= 0.3 is 0 Å². The van der Waals surface area contributed by atoms with Crippen LogP contribution in [0.5, 0.6) is 0 Å². The molecule has 2 aliphatic rings. The van der Waals surface area contributed by atoms with Crippen LogP contribution >= 0.6 is 0 Å². The molecule has 3 aromatic carbocycles. The van der Waals surface area contributed by atoms with Gasteiger partial charge in [-0.15, -0.1) is 0 Å². The minimum Gasteiger partial charge on any atom is -0.0683 e. The number of rotatable bonds is 0. The minimum atomic E-state index is 1.16. The molecule has 346 valence electrons. The van der Waals surface area contributed by atoms with Crippen molar-refractivity contribution in [1.29, 1.82) is 0 Å². The van der Waals surface area contributed by atoms with E-state index in [1.807, 2.05) is 244 Å². The van der Waals surface area contributed by atoms with E-state index in [0.29, 0.717) is 0 Å². The van der Waals surface area contributed by atoms with Crippen LogP contribution in [0.25, 0.3) is 10.8 Å². The van der Waals surface area contributed by atoms with Crippen LogP contribution in [0.1, 0.15) is 259 Å². The Labute approximate surface area is 365 Å². The maximum Gasteiger partial charge on any atom is -0.0184 e. The molecule has 0 amide bonds. The van der Waals surface area contributed by atoms with Gasteiger partial charge in [-0.25, -0.2) is 0 Å². The second-order valence-electron chi connectivity index (χ2n) is 7.59. The van der Waals surface area contributed by atoms with Gasteiger partial charge in [0.1, 0.15) is 0 Å². The van der Waals surface area contributed by atoms with Gasteiger partial charge in [-0.3, -0.25) is 0 Å². The summed E-state index contributed by atoms with van der Waals surface area (Å²) in [5.74, 6) is 2.31. The normalized spacial score (nSPS) is 11.5. The lowest BCUT2D eigenvalue weighted by atomic mass is 9.71. The second-order valence-corrected chi connectivity index (χ2v) is 7.59. The van der Waals surface area contributed by atoms with Crippen molar-refractivity contribution in [3.05, 3.63) is 84.9 Å². The highest BCUT2D eigenvalue weighted by Gasteiger charge is 2.26. The monoisotopic (exact) mass is 795 g/mol. The predicted molar refractivity (Wildman–Crippen MR) is 285 cm³/mol. The van der Waals surface area contributed by atoms with Gasteiger partial charge in [-0.1, -0.05) is 344 Å². The molecule has 0 bridgehead atoms. The zero-order chi connectivity index (χ0) is 47.9. The van der Waals surface area contributed by atoms with E-state index in [0.717, 1.165) is 11.8 Å². The van der Waals surface area contributed by atoms with Crippen molar-refractivity contribution in [2.24, 2.45) is 11.8 Å². The third kappa shape index (κ3) is 84.5. The Morgan fingerprint density at radius 2 is 0.339 bits per heavy atom. The third-order valence-corrected chi connectivity index (χ3v) is 5.79. The first-order valence-electron chi connectivity index (χ1n) is 25.4. The zero-order valence-electron chi connectivity index (χ0n) is 45.9. The molecule has 0 atom stereocenters. The number of fused-ring (bicyclic) bond motifs is 2. The quantitative estimate of drug-likeness (QED) is 0.213. The Bertz CT molecular complexity index is 613. The number of benzene rings is 3. The predicted octanol–water partition coefficient (Wildman–Crippen LogP) is 23.3. The fourth-order valence-corrected chi connectivity index (χ4v) is 4.38. The average molecular weight is 796 g/mol. The standard InChI is InChI=1S/C10H18.C10H8.C6H6.15C2H6/c2*1-2-6-10-8-4-3-7-9(10)5-1;1-2-4-6-5-3-1;15*1-2/h9-10H,1-8H2;1-8H;1-6H;15*1-2H3. The van der Waals surface area contributed by atoms with Crippen LogP contribution in [0.3, 0.4) is 0 Å². The molecule has 2 saturated carbocycles. The molecule has 0 saturated heterocycles. The summed E-state index contributed by atoms with van der Waals surface area (Å²) in [6.45, 7) is 60.0. The maximum atomic E-state index is 2.12. The molecular formula is C56H122. The SMILES string of the molecule is C1CCC2CCCCC2C1.CC.CC.CC.CC.CC.CC.CC.CC.CC.CC.CC.CC.CC.CC.CC.c1ccc2ccccc2c1.c1ccccc1. The Morgan fingerprint density at radius 1 is 0.214 bits per heavy atom. The van der Waals surface area contributed by atoms with Crippen molar-refractivity contribution < 1.29 is 0 Å². The van der Waals surface area contributed by atoms with Gasteiger partial charge in [0.25, 0.3) is 0 Å². The van der Waals surface area contributed by atoms with Crippen LogP contribution in [0.2, 0.25) is 0 Å². The second kappa shape index (κ2) is 140. The minimum absolute atomic E-state index is 1.16. The van der Waals surface area contributed by atoms with E-state index in [1.165, 1.54) is 36.5 Å². The smallest absolute Gasteiger partial charge is 0.0184 e. The molecule has 56 heavy (non-hydrogen) atoms. The summed E-state index contributed by atoms with van der Waals surface area (Å²) in [6, 6.07) is 28.7. The summed E-state index contributed by atoms with van der Waals surface area (Å²) >= 11 is 0. The highest BCUT2D eigenvalue weighted by atomic mass is 14.3. The summed E-state index contributed by atoms with van der Waals surface area (Å²) in [6.07, 6.45) is 12.4. The van der Waals surface area contributed by atoms with Crippen LogP contribution in [0, 0.1) is 11.8 Å². The van der Waals surface area contributed by atoms with Gasteiger partial charge in [0.15, 0.2) is 0 Å². The van der Waals surface area contributed by atoms with Crippen molar-refractivity contribution in [3.8, 4) is 0 Å². The lowest BCUT2D eigenvalue weighted by molar-refractivity contribution is 0.171. The molecule has 0 radical (unpaired) electrons. The molecule has 2 aliphatic carbocycles. The maximum absolute atomic E-state index is 2.12. The topological polar surface area (TPSA) is 0 Å². The van der Waals surface area contributed by atoms with E-state index in [2.05, 4.69) is 48.5 Å². The Kier molecular flexibility index (Phi) is 225. The Morgan fingerprint density at radius 3 is 0.464 bits per heavy atom. The molecule has 0 heterocycles. The van der Waals surface area contributed by atoms with Gasteiger partial charge in [-0.2, -0.15) is 0 Å². The summed E-state index contributed by atoms with van der Waals surface area (Å²) in [7, 11) is 0. The molecule has 0 heteroatoms. The van der Waals surface area contributed by atoms with Crippen molar-refractivity contribution in [2.45, 2.75) is 259 Å². The van der Waals surface area contributed by atoms with Gasteiger partial charge in [0.2, 0.25) is 0 Å². The summed E-state index contributed by atoms with van der Waals surface area (Å²) in [4.78, 5) is 0. The lowest BCUT2D eigenvalue weighted by Gasteiger charge is -2.35. The molecular weight excluding hydrogens is 673 g/mol. The Hall–Kier alpha value is -2.08. The molecule has 0 aliphatic heterocycles. The van der Waals surface area contributed by atoms with Crippen LogP contribution in [-0.4, -0.2) is 0 Å².